The van der Waals surface area contributed by atoms with E-state index in [0.29, 0.717) is 26.1 Å². The maximum Gasteiger partial charge on any atom is 0.407 e. The van der Waals surface area contributed by atoms with Crippen molar-refractivity contribution < 1.29 is 48.1 Å². The monoisotopic (exact) mass is 1370 g/mol. The largest absolute Gasteiger partial charge is 0.453 e. The maximum atomic E-state index is 13.6. The highest BCUT2D eigenvalue weighted by Gasteiger charge is 2.41. The first-order chi connectivity index (χ1) is 46.3. The minimum atomic E-state index is -0.686. The highest BCUT2D eigenvalue weighted by Crippen LogP contribution is 2.38. The highest BCUT2D eigenvalue weighted by molar-refractivity contribution is 9.10. The van der Waals surface area contributed by atoms with Crippen LogP contribution in [0.3, 0.4) is 0 Å². The normalized spacial score (nSPS) is 18.4. The van der Waals surface area contributed by atoms with Crippen LogP contribution in [0.5, 0.6) is 0 Å². The molecule has 504 valence electrons. The van der Waals surface area contributed by atoms with Gasteiger partial charge in [0.05, 0.1) is 51.3 Å². The van der Waals surface area contributed by atoms with Gasteiger partial charge in [0.25, 0.3) is 0 Å². The van der Waals surface area contributed by atoms with Crippen molar-refractivity contribution >= 4 is 107 Å². The summed E-state index contributed by atoms with van der Waals surface area (Å²) in [7, 11) is 4.91. The molecule has 20 nitrogen and oxygen atoms in total. The number of carbonyl (C=O) groups is 6. The third-order valence-corrected chi connectivity index (χ3v) is 19.3. The minimum Gasteiger partial charge on any atom is -0.453 e. The number of imidazole rings is 1. The molecule has 5 aliphatic rings. The second kappa shape index (κ2) is 31.1. The van der Waals surface area contributed by atoms with Crippen LogP contribution >= 0.6 is 15.9 Å². The summed E-state index contributed by atoms with van der Waals surface area (Å²) >= 11 is 3.52. The number of aliphatic hydroxyl groups is 1. The number of aliphatic imine (C=N–C) groups is 2. The van der Waals surface area contributed by atoms with Crippen LogP contribution in [0.15, 0.2) is 142 Å². The Kier molecular flexibility index (Phi) is 22.6. The number of allylic oxidation sites excluding steroid dienone is 2. The summed E-state index contributed by atoms with van der Waals surface area (Å²) in [6.07, 6.45) is 10.5. The number of hydrogen-bond acceptors (Lipinski definition) is 13. The predicted octanol–water partition coefficient (Wildman–Crippen LogP) is 13.4. The Bertz CT molecular complexity index is 4190. The molecule has 96 heavy (non-hydrogen) atoms. The number of aliphatic hydroxyl groups excluding tert-OH is 1. The Morgan fingerprint density at radius 1 is 0.479 bits per heavy atom. The summed E-state index contributed by atoms with van der Waals surface area (Å²) in [6.45, 7) is 13.4. The summed E-state index contributed by atoms with van der Waals surface area (Å²) in [5.41, 5.74) is 10.7. The quantitative estimate of drug-likeness (QED) is 0.0569. The summed E-state index contributed by atoms with van der Waals surface area (Å²) in [6, 6.07) is 36.4. The summed E-state index contributed by atoms with van der Waals surface area (Å²) in [4.78, 5) is 99.7. The number of alkyl carbamates (subject to hydrolysis) is 3. The summed E-state index contributed by atoms with van der Waals surface area (Å²) in [5, 5.41) is 22.0. The minimum absolute atomic E-state index is 0.0339. The van der Waals surface area contributed by atoms with Gasteiger partial charge in [0.1, 0.15) is 23.9 Å². The molecule has 0 saturated carbocycles. The van der Waals surface area contributed by atoms with Gasteiger partial charge < -0.3 is 55.0 Å². The Balaban J connectivity index is 0.000000247. The van der Waals surface area contributed by atoms with Crippen molar-refractivity contribution in [3.05, 3.63) is 149 Å². The lowest BCUT2D eigenvalue weighted by Gasteiger charge is -2.31. The van der Waals surface area contributed by atoms with Gasteiger partial charge in [-0.1, -0.05) is 124 Å². The lowest BCUT2D eigenvalue weighted by Crippen LogP contribution is -2.53. The van der Waals surface area contributed by atoms with Gasteiger partial charge in [-0.2, -0.15) is 0 Å². The Morgan fingerprint density at radius 2 is 0.812 bits per heavy atom. The molecule has 6 amide bonds. The number of rotatable bonds is 16. The van der Waals surface area contributed by atoms with Gasteiger partial charge in [0.15, 0.2) is 0 Å². The standard InChI is InChI=1S/C49H55N7O6.C25H28BrN3O3.CH4O/c1-28(2)43(53-48(59)61-5)46(57)55-19-7-9-41(55)39-25-38(26-50-39)36-16-15-32-21-30(11-12-33(32)23-36)31-13-14-35-24-37(18-17-34(35)22-31)40-27-51-45(52-40)42-10-8-20-56(42)47(58)44(29(3)4)54-49(60)62-6;1-15(2)23(28-25(31)32-3)24(30)29-10-4-5-22(29)21-13-19(14-27-21)17-6-7-18-12-20(26)9-8-16(18)11-17;1-2/h11-18,21-24,26-29,41-44H,7-10,19-20,25H2,1-6H3,(H,51,52)(H,53,59)(H,54,60);6-9,11-12,14-15,22-23H,4-5,10,13H2,1-3H3,(H,28,31);2H,1H3/t41-,42-,43-,44-;22-,23-;/m00./s1. The topological polar surface area (TPSA) is 250 Å². The van der Waals surface area contributed by atoms with E-state index in [2.05, 4.69) is 140 Å². The molecule has 3 saturated heterocycles. The number of methoxy groups -OCH3 is 3. The van der Waals surface area contributed by atoms with Gasteiger partial charge in [-0.3, -0.25) is 24.4 Å². The van der Waals surface area contributed by atoms with Crippen LogP contribution in [-0.4, -0.2) is 155 Å². The number of nitrogens with zero attached hydrogens (tertiary/aromatic N) is 6. The molecule has 0 aliphatic carbocycles. The number of aromatic nitrogens is 2. The van der Waals surface area contributed by atoms with Crippen LogP contribution in [0.4, 0.5) is 14.4 Å². The fourth-order valence-electron chi connectivity index (χ4n) is 13.6. The molecule has 0 unspecified atom stereocenters. The highest BCUT2D eigenvalue weighted by atomic mass is 79.9. The van der Waals surface area contributed by atoms with E-state index in [9.17, 15) is 28.8 Å². The fraction of sp³-hybridized carbons (Fsp3) is 0.400. The number of halogens is 1. The van der Waals surface area contributed by atoms with E-state index >= 15 is 0 Å². The van der Waals surface area contributed by atoms with Gasteiger partial charge in [-0.15, -0.1) is 0 Å². The zero-order chi connectivity index (χ0) is 68.5. The van der Waals surface area contributed by atoms with E-state index in [4.69, 9.17) is 34.3 Å². The number of fused-ring (bicyclic) bond motifs is 3. The van der Waals surface area contributed by atoms with Gasteiger partial charge in [0.2, 0.25) is 17.7 Å². The SMILES string of the molecule is CO.COC(=O)N[C@H](C(=O)N1CCC[C@H]1C1=NC=C(c2ccc3cc(-c4ccc5cc(-c6cnc([C@@H]7CCCN7C(=O)[C@@H](NC(=O)OC)C(C)C)[nH]6)ccc5c4)ccc3c2)C1)C(C)C.COC(=O)N[C@H](C(=O)N1CCC[C@H]1C1=NC=C(c2ccc3cc(Br)ccc3c2)C1)C(C)C. The smallest absolute Gasteiger partial charge is 0.407 e. The molecule has 0 bridgehead atoms. The number of benzene rings is 6. The van der Waals surface area contributed by atoms with Crippen LogP contribution in [-0.2, 0) is 28.6 Å². The summed E-state index contributed by atoms with van der Waals surface area (Å²) in [5.74, 6) is 0.209. The van der Waals surface area contributed by atoms with Crippen LogP contribution in [0.2, 0.25) is 0 Å². The lowest BCUT2D eigenvalue weighted by molar-refractivity contribution is -0.136. The number of carbonyl (C=O) groups excluding carboxylic acids is 6. The number of H-pyrrole nitrogens is 1. The fourth-order valence-corrected chi connectivity index (χ4v) is 14.0. The van der Waals surface area contributed by atoms with Crippen LogP contribution < -0.4 is 16.0 Å². The molecule has 6 aromatic carbocycles. The Labute approximate surface area is 569 Å². The van der Waals surface area contributed by atoms with Crippen LogP contribution in [0, 0.1) is 17.8 Å². The first-order valence-corrected chi connectivity index (χ1v) is 33.8. The van der Waals surface area contributed by atoms with Crippen LogP contribution in [0.1, 0.15) is 116 Å². The Hall–Kier alpha value is -9.21. The molecular weight excluding hydrogens is 1280 g/mol. The summed E-state index contributed by atoms with van der Waals surface area (Å²) < 4.78 is 15.3. The van der Waals surface area contributed by atoms with E-state index in [1.54, 1.807) is 0 Å². The maximum absolute atomic E-state index is 13.6. The van der Waals surface area contributed by atoms with Gasteiger partial charge in [0, 0.05) is 73.4 Å². The average molecular weight is 1370 g/mol. The third-order valence-electron chi connectivity index (χ3n) is 18.8. The molecule has 7 aromatic rings. The van der Waals surface area contributed by atoms with Gasteiger partial charge in [-0.25, -0.2) is 19.4 Å². The van der Waals surface area contributed by atoms with E-state index in [0.717, 1.165) is 140 Å². The molecule has 6 atom stereocenters. The van der Waals surface area contributed by atoms with Crippen molar-refractivity contribution in [2.75, 3.05) is 48.1 Å². The molecular formula is C75H87BrN10O10. The molecule has 12 rings (SSSR count). The van der Waals surface area contributed by atoms with Crippen molar-refractivity contribution in [1.29, 1.82) is 0 Å². The number of amides is 6. The number of aromatic amines is 1. The Morgan fingerprint density at radius 3 is 1.21 bits per heavy atom. The molecule has 6 heterocycles. The zero-order valence-electron chi connectivity index (χ0n) is 56.3. The molecule has 21 heteroatoms. The first kappa shape index (κ1) is 69.6. The first-order valence-electron chi connectivity index (χ1n) is 33.0. The number of ether oxygens (including phenoxy) is 3. The van der Waals surface area contributed by atoms with Crippen molar-refractivity contribution in [3.63, 3.8) is 0 Å². The molecule has 0 radical (unpaired) electrons. The van der Waals surface area contributed by atoms with Gasteiger partial charge in [-0.05, 0) is 164 Å². The molecule has 5 aliphatic heterocycles. The average Bonchev–Trinajstić information content (AvgIpc) is 1.46. The van der Waals surface area contributed by atoms with Crippen molar-refractivity contribution in [3.8, 4) is 22.4 Å². The van der Waals surface area contributed by atoms with Crippen LogP contribution in [0.25, 0.3) is 65.8 Å². The van der Waals surface area contributed by atoms with E-state index in [1.165, 1.54) is 32.1 Å². The van der Waals surface area contributed by atoms with Crippen molar-refractivity contribution in [1.82, 2.24) is 40.6 Å². The molecule has 3 fully saturated rings. The van der Waals surface area contributed by atoms with Crippen molar-refractivity contribution in [2.24, 2.45) is 27.7 Å². The number of likely N-dealkylation sites (tertiary alicyclic amines) is 3. The second-order valence-electron chi connectivity index (χ2n) is 26.0. The molecule has 1 aromatic heterocycles. The molecule has 5 N–H and O–H groups in total. The van der Waals surface area contributed by atoms with Crippen molar-refractivity contribution in [2.45, 2.75) is 129 Å². The third kappa shape index (κ3) is 15.5. The van der Waals surface area contributed by atoms with E-state index in [1.807, 2.05) is 80.9 Å². The zero-order valence-corrected chi connectivity index (χ0v) is 57.9. The number of hydrogen-bond donors (Lipinski definition) is 5. The second-order valence-corrected chi connectivity index (χ2v) is 26.9. The van der Waals surface area contributed by atoms with Gasteiger partial charge >= 0.3 is 18.3 Å². The molecule has 0 spiro atoms. The number of nitrogens with one attached hydrogen (secondary N) is 4. The van der Waals surface area contributed by atoms with E-state index < -0.39 is 36.4 Å². The van der Waals surface area contributed by atoms with E-state index in [-0.39, 0.29) is 53.6 Å². The predicted molar refractivity (Wildman–Crippen MR) is 380 cm³/mol. The lowest BCUT2D eigenvalue weighted by atomic mass is 9.94.